The zero-order chi connectivity index (χ0) is 15.4. The SMILES string of the molecule is Cc1noc(C)c1CS(=O)CC(=O)Nc1cccc(F)c1. The number of hydrogen-bond donors (Lipinski definition) is 1. The predicted molar refractivity (Wildman–Crippen MR) is 77.7 cm³/mol. The Bertz CT molecular complexity index is 665. The average molecular weight is 310 g/mol. The van der Waals surface area contributed by atoms with E-state index >= 15 is 0 Å². The Balaban J connectivity index is 1.92. The van der Waals surface area contributed by atoms with Crippen LogP contribution < -0.4 is 5.32 Å². The van der Waals surface area contributed by atoms with Crippen molar-refractivity contribution < 1.29 is 17.9 Å². The lowest BCUT2D eigenvalue weighted by Crippen LogP contribution is -2.20. The van der Waals surface area contributed by atoms with Crippen molar-refractivity contribution in [3.8, 4) is 0 Å². The first-order chi connectivity index (χ1) is 9.95. The van der Waals surface area contributed by atoms with Crippen molar-refractivity contribution in [1.82, 2.24) is 5.16 Å². The van der Waals surface area contributed by atoms with E-state index in [1.54, 1.807) is 19.9 Å². The van der Waals surface area contributed by atoms with Crippen LogP contribution in [-0.4, -0.2) is 21.0 Å². The quantitative estimate of drug-likeness (QED) is 0.920. The molecule has 0 spiro atoms. The van der Waals surface area contributed by atoms with E-state index in [1.165, 1.54) is 18.2 Å². The maximum atomic E-state index is 13.0. The summed E-state index contributed by atoms with van der Waals surface area (Å²) in [6.07, 6.45) is 0. The molecular weight excluding hydrogens is 295 g/mol. The van der Waals surface area contributed by atoms with Gasteiger partial charge in [-0.25, -0.2) is 4.39 Å². The molecular formula is C14H15FN2O3S. The minimum Gasteiger partial charge on any atom is -0.361 e. The van der Waals surface area contributed by atoms with E-state index in [0.29, 0.717) is 17.1 Å². The summed E-state index contributed by atoms with van der Waals surface area (Å²) in [4.78, 5) is 11.8. The fraction of sp³-hybridized carbons (Fsp3) is 0.286. The highest BCUT2D eigenvalue weighted by Crippen LogP contribution is 2.15. The first-order valence-corrected chi connectivity index (χ1v) is 7.76. The smallest absolute Gasteiger partial charge is 0.237 e. The Hall–Kier alpha value is -2.02. The first kappa shape index (κ1) is 15.4. The molecule has 21 heavy (non-hydrogen) atoms. The lowest BCUT2D eigenvalue weighted by molar-refractivity contribution is -0.113. The summed E-state index contributed by atoms with van der Waals surface area (Å²) in [6, 6.07) is 5.55. The molecule has 112 valence electrons. The van der Waals surface area contributed by atoms with Gasteiger partial charge in [-0.15, -0.1) is 0 Å². The second kappa shape index (κ2) is 6.62. The van der Waals surface area contributed by atoms with Gasteiger partial charge in [-0.1, -0.05) is 11.2 Å². The molecule has 0 saturated heterocycles. The van der Waals surface area contributed by atoms with Crippen molar-refractivity contribution in [1.29, 1.82) is 0 Å². The third-order valence-electron chi connectivity index (χ3n) is 2.89. The van der Waals surface area contributed by atoms with Gasteiger partial charge < -0.3 is 9.84 Å². The summed E-state index contributed by atoms with van der Waals surface area (Å²) in [7, 11) is -1.38. The molecule has 1 N–H and O–H groups in total. The highest BCUT2D eigenvalue weighted by Gasteiger charge is 2.15. The van der Waals surface area contributed by atoms with Crippen molar-refractivity contribution in [2.75, 3.05) is 11.1 Å². The molecule has 0 aliphatic heterocycles. The fourth-order valence-corrected chi connectivity index (χ4v) is 3.03. The summed E-state index contributed by atoms with van der Waals surface area (Å²) >= 11 is 0. The van der Waals surface area contributed by atoms with Crippen molar-refractivity contribution in [2.45, 2.75) is 19.6 Å². The van der Waals surface area contributed by atoms with Crippen LogP contribution in [-0.2, 0) is 21.3 Å². The molecule has 0 aliphatic rings. The molecule has 0 radical (unpaired) electrons. The van der Waals surface area contributed by atoms with Crippen LogP contribution in [0.1, 0.15) is 17.0 Å². The lowest BCUT2D eigenvalue weighted by atomic mass is 10.2. The van der Waals surface area contributed by atoms with E-state index in [2.05, 4.69) is 10.5 Å². The maximum Gasteiger partial charge on any atom is 0.237 e. The number of carbonyl (C=O) groups excluding carboxylic acids is 1. The van der Waals surface area contributed by atoms with Gasteiger partial charge in [0.1, 0.15) is 17.3 Å². The van der Waals surface area contributed by atoms with Crippen LogP contribution in [0.15, 0.2) is 28.8 Å². The number of nitrogens with zero attached hydrogens (tertiary/aromatic N) is 1. The minimum atomic E-state index is -1.38. The number of aryl methyl sites for hydroxylation is 2. The molecule has 0 aliphatic carbocycles. The highest BCUT2D eigenvalue weighted by atomic mass is 32.2. The molecule has 1 heterocycles. The van der Waals surface area contributed by atoms with Gasteiger partial charge in [0.25, 0.3) is 0 Å². The number of halogens is 1. The van der Waals surface area contributed by atoms with Gasteiger partial charge in [-0.05, 0) is 32.0 Å². The van der Waals surface area contributed by atoms with Crippen LogP contribution in [0.5, 0.6) is 0 Å². The summed E-state index contributed by atoms with van der Waals surface area (Å²) in [5.41, 5.74) is 1.77. The number of amides is 1. The van der Waals surface area contributed by atoms with Crippen LogP contribution in [0, 0.1) is 19.7 Å². The Kier molecular flexibility index (Phi) is 4.85. The fourth-order valence-electron chi connectivity index (χ4n) is 1.83. The summed E-state index contributed by atoms with van der Waals surface area (Å²) in [6.45, 7) is 3.50. The second-order valence-corrected chi connectivity index (χ2v) is 6.05. The predicted octanol–water partition coefficient (Wildman–Crippen LogP) is 2.32. The molecule has 1 unspecified atom stereocenters. The monoisotopic (exact) mass is 310 g/mol. The largest absolute Gasteiger partial charge is 0.361 e. The van der Waals surface area contributed by atoms with Gasteiger partial charge in [-0.3, -0.25) is 9.00 Å². The standard InChI is InChI=1S/C14H15FN2O3S/c1-9-13(10(2)20-17-9)7-21(19)8-14(18)16-12-5-3-4-11(15)6-12/h3-6H,7-8H2,1-2H3,(H,16,18). The van der Waals surface area contributed by atoms with Gasteiger partial charge in [-0.2, -0.15) is 0 Å². The Morgan fingerprint density at radius 1 is 1.43 bits per heavy atom. The Morgan fingerprint density at radius 2 is 2.19 bits per heavy atom. The Labute approximate surface area is 124 Å². The molecule has 2 rings (SSSR count). The maximum absolute atomic E-state index is 13.0. The average Bonchev–Trinajstić information content (AvgIpc) is 2.70. The first-order valence-electron chi connectivity index (χ1n) is 6.28. The number of benzene rings is 1. The molecule has 1 atom stereocenters. The minimum absolute atomic E-state index is 0.166. The number of carbonyl (C=O) groups is 1. The molecule has 2 aromatic rings. The lowest BCUT2D eigenvalue weighted by Gasteiger charge is -2.05. The second-order valence-electron chi connectivity index (χ2n) is 4.59. The van der Waals surface area contributed by atoms with Crippen LogP contribution in [0.25, 0.3) is 0 Å². The zero-order valence-electron chi connectivity index (χ0n) is 11.7. The third-order valence-corrected chi connectivity index (χ3v) is 4.08. The van der Waals surface area contributed by atoms with E-state index < -0.39 is 22.5 Å². The molecule has 7 heteroatoms. The van der Waals surface area contributed by atoms with Gasteiger partial charge in [0.15, 0.2) is 0 Å². The molecule has 0 saturated carbocycles. The molecule has 5 nitrogen and oxygen atoms in total. The van der Waals surface area contributed by atoms with Gasteiger partial charge in [0.05, 0.1) is 11.4 Å². The van der Waals surface area contributed by atoms with Crippen molar-refractivity contribution in [3.63, 3.8) is 0 Å². The summed E-state index contributed by atoms with van der Waals surface area (Å²) in [5.74, 6) is -0.222. The van der Waals surface area contributed by atoms with Crippen LogP contribution in [0.2, 0.25) is 0 Å². The van der Waals surface area contributed by atoms with E-state index in [0.717, 1.165) is 5.56 Å². The van der Waals surface area contributed by atoms with E-state index in [9.17, 15) is 13.4 Å². The van der Waals surface area contributed by atoms with Crippen molar-refractivity contribution >= 4 is 22.4 Å². The van der Waals surface area contributed by atoms with E-state index in [1.807, 2.05) is 0 Å². The molecule has 0 bridgehead atoms. The number of hydrogen-bond acceptors (Lipinski definition) is 4. The third kappa shape index (κ3) is 4.22. The Morgan fingerprint density at radius 3 is 2.81 bits per heavy atom. The van der Waals surface area contributed by atoms with Gasteiger partial charge >= 0.3 is 0 Å². The number of rotatable bonds is 5. The number of anilines is 1. The van der Waals surface area contributed by atoms with Crippen LogP contribution in [0.4, 0.5) is 10.1 Å². The zero-order valence-corrected chi connectivity index (χ0v) is 12.5. The summed E-state index contributed by atoms with van der Waals surface area (Å²) < 4.78 is 30.0. The summed E-state index contributed by atoms with van der Waals surface area (Å²) in [5, 5.41) is 6.29. The number of nitrogens with one attached hydrogen (secondary N) is 1. The van der Waals surface area contributed by atoms with Gasteiger partial charge in [0.2, 0.25) is 5.91 Å². The van der Waals surface area contributed by atoms with E-state index in [-0.39, 0.29) is 11.5 Å². The molecule has 1 aromatic carbocycles. The van der Waals surface area contributed by atoms with Crippen LogP contribution in [0.3, 0.4) is 0 Å². The van der Waals surface area contributed by atoms with Crippen LogP contribution >= 0.6 is 0 Å². The topological polar surface area (TPSA) is 72.2 Å². The number of aromatic nitrogens is 1. The van der Waals surface area contributed by atoms with Crippen molar-refractivity contribution in [3.05, 3.63) is 47.1 Å². The highest BCUT2D eigenvalue weighted by molar-refractivity contribution is 7.85. The van der Waals surface area contributed by atoms with Gasteiger partial charge in [0, 0.05) is 22.1 Å². The normalized spacial score (nSPS) is 12.1. The molecule has 1 amide bonds. The van der Waals surface area contributed by atoms with E-state index in [4.69, 9.17) is 4.52 Å². The molecule has 0 fully saturated rings. The molecule has 1 aromatic heterocycles. The van der Waals surface area contributed by atoms with Crippen molar-refractivity contribution in [2.24, 2.45) is 0 Å².